The van der Waals surface area contributed by atoms with Crippen LogP contribution >= 0.6 is 0 Å². The molecule has 4 N–H and O–H groups in total. The average Bonchev–Trinajstić information content (AvgIpc) is 2.74. The first-order valence-corrected chi connectivity index (χ1v) is 4.78. The van der Waals surface area contributed by atoms with Crippen molar-refractivity contribution in [2.45, 2.75) is 6.42 Å². The number of nitrogens with zero attached hydrogens (tertiary/aromatic N) is 2. The second-order valence-electron chi connectivity index (χ2n) is 3.18. The molecule has 2 heterocycles. The number of imidazole rings is 1. The lowest BCUT2D eigenvalue weighted by atomic mass is 10.3. The van der Waals surface area contributed by atoms with Gasteiger partial charge in [-0.25, -0.2) is 4.98 Å². The van der Waals surface area contributed by atoms with Crippen molar-refractivity contribution in [3.8, 4) is 0 Å². The first kappa shape index (κ1) is 9.51. The Kier molecular flexibility index (Phi) is 2.82. The minimum atomic E-state index is 0.664. The molecule has 15 heavy (non-hydrogen) atoms. The molecule has 0 unspecified atom stereocenters. The van der Waals surface area contributed by atoms with Gasteiger partial charge in [0, 0.05) is 31.6 Å². The molecule has 5 nitrogen and oxygen atoms in total. The van der Waals surface area contributed by atoms with Gasteiger partial charge in [0.15, 0.2) is 0 Å². The largest absolute Gasteiger partial charge is 0.396 e. The van der Waals surface area contributed by atoms with Gasteiger partial charge in [-0.2, -0.15) is 0 Å². The van der Waals surface area contributed by atoms with Crippen LogP contribution in [0.4, 0.5) is 11.4 Å². The lowest BCUT2D eigenvalue weighted by Crippen LogP contribution is -2.07. The maximum atomic E-state index is 5.73. The molecule has 0 saturated carbocycles. The third-order valence-electron chi connectivity index (χ3n) is 2.08. The third-order valence-corrected chi connectivity index (χ3v) is 2.08. The van der Waals surface area contributed by atoms with E-state index in [0.717, 1.165) is 24.5 Å². The van der Waals surface area contributed by atoms with Crippen molar-refractivity contribution in [1.82, 2.24) is 15.0 Å². The van der Waals surface area contributed by atoms with Crippen LogP contribution in [0.25, 0.3) is 0 Å². The van der Waals surface area contributed by atoms with E-state index >= 15 is 0 Å². The molecule has 0 saturated heterocycles. The van der Waals surface area contributed by atoms with Crippen LogP contribution in [0.3, 0.4) is 0 Å². The monoisotopic (exact) mass is 203 g/mol. The zero-order chi connectivity index (χ0) is 10.5. The fourth-order valence-corrected chi connectivity index (χ4v) is 1.32. The van der Waals surface area contributed by atoms with Crippen LogP contribution in [-0.2, 0) is 6.42 Å². The van der Waals surface area contributed by atoms with E-state index in [1.165, 1.54) is 0 Å². The summed E-state index contributed by atoms with van der Waals surface area (Å²) in [5.74, 6) is 0.968. The molecule has 2 rings (SSSR count). The Balaban J connectivity index is 1.86. The van der Waals surface area contributed by atoms with E-state index in [2.05, 4.69) is 20.3 Å². The summed E-state index contributed by atoms with van der Waals surface area (Å²) >= 11 is 0. The Morgan fingerprint density at radius 3 is 3.07 bits per heavy atom. The van der Waals surface area contributed by atoms with Gasteiger partial charge in [-0.1, -0.05) is 0 Å². The van der Waals surface area contributed by atoms with Crippen LogP contribution in [0.5, 0.6) is 0 Å². The van der Waals surface area contributed by atoms with Gasteiger partial charge in [-0.05, 0) is 6.07 Å². The number of nitrogens with two attached hydrogens (primary N) is 1. The predicted molar refractivity (Wildman–Crippen MR) is 59.4 cm³/mol. The number of H-pyrrole nitrogens is 1. The normalized spacial score (nSPS) is 10.1. The SMILES string of the molecule is Nc1cnccc1NCCc1ncc[nH]1. The molecule has 0 radical (unpaired) electrons. The number of aromatic nitrogens is 3. The van der Waals surface area contributed by atoms with E-state index < -0.39 is 0 Å². The predicted octanol–water partition coefficient (Wildman–Crippen LogP) is 1.04. The summed E-state index contributed by atoms with van der Waals surface area (Å²) in [6, 6.07) is 1.86. The van der Waals surface area contributed by atoms with Crippen LogP contribution in [-0.4, -0.2) is 21.5 Å². The van der Waals surface area contributed by atoms with Crippen molar-refractivity contribution < 1.29 is 0 Å². The average molecular weight is 203 g/mol. The number of nitrogen functional groups attached to an aromatic ring is 1. The number of aromatic amines is 1. The summed E-state index contributed by atoms with van der Waals surface area (Å²) in [4.78, 5) is 11.1. The molecule has 0 amide bonds. The molecule has 0 aliphatic carbocycles. The molecule has 0 spiro atoms. The lowest BCUT2D eigenvalue weighted by Gasteiger charge is -2.06. The Morgan fingerprint density at radius 2 is 2.33 bits per heavy atom. The molecule has 0 aliphatic heterocycles. The summed E-state index contributed by atoms with van der Waals surface area (Å²) in [6.45, 7) is 0.793. The Labute approximate surface area is 87.8 Å². The number of hydrogen-bond donors (Lipinski definition) is 3. The molecule has 5 heteroatoms. The number of rotatable bonds is 4. The lowest BCUT2D eigenvalue weighted by molar-refractivity contribution is 0.927. The van der Waals surface area contributed by atoms with Crippen molar-refractivity contribution in [3.63, 3.8) is 0 Å². The molecule has 0 atom stereocenters. The van der Waals surface area contributed by atoms with Crippen molar-refractivity contribution in [1.29, 1.82) is 0 Å². The Hall–Kier alpha value is -2.04. The van der Waals surface area contributed by atoms with Crippen molar-refractivity contribution >= 4 is 11.4 Å². The van der Waals surface area contributed by atoms with Crippen LogP contribution < -0.4 is 11.1 Å². The summed E-state index contributed by atoms with van der Waals surface area (Å²) < 4.78 is 0. The van der Waals surface area contributed by atoms with E-state index in [0.29, 0.717) is 5.69 Å². The maximum absolute atomic E-state index is 5.73. The second-order valence-corrected chi connectivity index (χ2v) is 3.18. The Bertz CT molecular complexity index is 410. The molecule has 0 aromatic carbocycles. The summed E-state index contributed by atoms with van der Waals surface area (Å²) in [5.41, 5.74) is 7.31. The molecule has 2 aromatic heterocycles. The van der Waals surface area contributed by atoms with Crippen LogP contribution in [0.15, 0.2) is 30.9 Å². The molecular weight excluding hydrogens is 190 g/mol. The van der Waals surface area contributed by atoms with Gasteiger partial charge in [0.25, 0.3) is 0 Å². The number of pyridine rings is 1. The van der Waals surface area contributed by atoms with E-state index in [4.69, 9.17) is 5.73 Å². The summed E-state index contributed by atoms with van der Waals surface area (Å²) in [5, 5.41) is 3.23. The van der Waals surface area contributed by atoms with Gasteiger partial charge in [0.2, 0.25) is 0 Å². The van der Waals surface area contributed by atoms with Crippen LogP contribution in [0.1, 0.15) is 5.82 Å². The molecule has 0 bridgehead atoms. The highest BCUT2D eigenvalue weighted by Crippen LogP contribution is 2.14. The van der Waals surface area contributed by atoms with E-state index in [-0.39, 0.29) is 0 Å². The Morgan fingerprint density at radius 1 is 1.40 bits per heavy atom. The molecule has 0 aliphatic rings. The molecule has 0 fully saturated rings. The number of anilines is 2. The van der Waals surface area contributed by atoms with Crippen molar-refractivity contribution in [2.24, 2.45) is 0 Å². The minimum Gasteiger partial charge on any atom is -0.396 e. The molecule has 2 aromatic rings. The fraction of sp³-hybridized carbons (Fsp3) is 0.200. The molecular formula is C10H13N5. The van der Waals surface area contributed by atoms with E-state index in [1.807, 2.05) is 12.3 Å². The van der Waals surface area contributed by atoms with Gasteiger partial charge >= 0.3 is 0 Å². The highest BCUT2D eigenvalue weighted by Gasteiger charge is 1.98. The topological polar surface area (TPSA) is 79.6 Å². The number of nitrogens with one attached hydrogen (secondary N) is 2. The fourth-order valence-electron chi connectivity index (χ4n) is 1.32. The standard InChI is InChI=1S/C10H13N5/c11-8-7-12-3-1-9(8)13-4-2-10-14-5-6-15-10/h1,3,5-7H,2,4,11H2,(H,12,13)(H,14,15). The van der Waals surface area contributed by atoms with Gasteiger partial charge < -0.3 is 16.0 Å². The van der Waals surface area contributed by atoms with Gasteiger partial charge in [-0.15, -0.1) is 0 Å². The first-order valence-electron chi connectivity index (χ1n) is 4.78. The number of hydrogen-bond acceptors (Lipinski definition) is 4. The zero-order valence-corrected chi connectivity index (χ0v) is 8.27. The van der Waals surface area contributed by atoms with Crippen molar-refractivity contribution in [3.05, 3.63) is 36.7 Å². The van der Waals surface area contributed by atoms with Crippen molar-refractivity contribution in [2.75, 3.05) is 17.6 Å². The third kappa shape index (κ3) is 2.46. The highest BCUT2D eigenvalue weighted by molar-refractivity contribution is 5.64. The zero-order valence-electron chi connectivity index (χ0n) is 8.27. The highest BCUT2D eigenvalue weighted by atomic mass is 14.9. The van der Waals surface area contributed by atoms with E-state index in [1.54, 1.807) is 18.6 Å². The quantitative estimate of drug-likeness (QED) is 0.693. The maximum Gasteiger partial charge on any atom is 0.107 e. The first-order chi connectivity index (χ1) is 7.36. The van der Waals surface area contributed by atoms with Crippen LogP contribution in [0, 0.1) is 0 Å². The smallest absolute Gasteiger partial charge is 0.107 e. The van der Waals surface area contributed by atoms with E-state index in [9.17, 15) is 0 Å². The van der Waals surface area contributed by atoms with Gasteiger partial charge in [0.1, 0.15) is 5.82 Å². The van der Waals surface area contributed by atoms with Gasteiger partial charge in [-0.3, -0.25) is 4.98 Å². The second kappa shape index (κ2) is 4.45. The summed E-state index contributed by atoms with van der Waals surface area (Å²) in [6.07, 6.45) is 7.75. The minimum absolute atomic E-state index is 0.664. The summed E-state index contributed by atoms with van der Waals surface area (Å²) in [7, 11) is 0. The van der Waals surface area contributed by atoms with Gasteiger partial charge in [0.05, 0.1) is 17.6 Å². The van der Waals surface area contributed by atoms with Crippen LogP contribution in [0.2, 0.25) is 0 Å². The molecule has 78 valence electrons.